The Labute approximate surface area is 279 Å². The summed E-state index contributed by atoms with van der Waals surface area (Å²) in [6.07, 6.45) is 1.60. The first-order valence-electron chi connectivity index (χ1n) is 15.2. The Bertz CT molecular complexity index is 1880. The molecule has 47 heavy (non-hydrogen) atoms. The van der Waals surface area contributed by atoms with Crippen molar-refractivity contribution in [2.45, 2.75) is 24.0 Å². The van der Waals surface area contributed by atoms with Crippen LogP contribution >= 0.6 is 11.8 Å². The van der Waals surface area contributed by atoms with Crippen LogP contribution in [0.25, 0.3) is 6.08 Å². The standard InChI is InChI=1S/C39H35N3O4S/c1-3-46-35-23-11-10-19-30(35)25-34(42-37(43)29-17-8-5-9-18-29)38(44)40-32-21-13-22-33(26-32)47-36(28-15-6-4-7-16-28)39(45)41-31-20-12-14-27(2)24-31/h4-26,36H,3H2,1-2H3,(H,40,44)(H,41,45)(H,42,43)/b34-25+. The average Bonchev–Trinajstić information content (AvgIpc) is 3.08. The first-order chi connectivity index (χ1) is 22.9. The summed E-state index contributed by atoms with van der Waals surface area (Å²) in [5, 5.41) is 8.19. The summed E-state index contributed by atoms with van der Waals surface area (Å²) in [5.41, 5.74) is 4.22. The van der Waals surface area contributed by atoms with E-state index in [0.717, 1.165) is 21.7 Å². The first-order valence-corrected chi connectivity index (χ1v) is 16.1. The zero-order valence-corrected chi connectivity index (χ0v) is 26.9. The number of benzene rings is 5. The van der Waals surface area contributed by atoms with E-state index < -0.39 is 17.1 Å². The van der Waals surface area contributed by atoms with Crippen LogP contribution in [0.1, 0.15) is 39.2 Å². The number of carbonyl (C=O) groups excluding carboxylic acids is 3. The van der Waals surface area contributed by atoms with E-state index in [2.05, 4.69) is 16.0 Å². The summed E-state index contributed by atoms with van der Waals surface area (Å²) >= 11 is 1.38. The minimum atomic E-state index is -0.557. The summed E-state index contributed by atoms with van der Waals surface area (Å²) in [7, 11) is 0. The molecule has 1 atom stereocenters. The number of ether oxygens (including phenoxy) is 1. The molecule has 7 nitrogen and oxygen atoms in total. The number of amides is 3. The summed E-state index contributed by atoms with van der Waals surface area (Å²) in [6, 6.07) is 40.5. The predicted molar refractivity (Wildman–Crippen MR) is 189 cm³/mol. The van der Waals surface area contributed by atoms with Crippen LogP contribution in [0, 0.1) is 6.92 Å². The fourth-order valence-corrected chi connectivity index (χ4v) is 5.88. The van der Waals surface area contributed by atoms with Gasteiger partial charge >= 0.3 is 0 Å². The minimum Gasteiger partial charge on any atom is -0.493 e. The highest BCUT2D eigenvalue weighted by molar-refractivity contribution is 8.00. The summed E-state index contributed by atoms with van der Waals surface area (Å²) in [6.45, 7) is 4.30. The third-order valence-corrected chi connectivity index (χ3v) is 8.27. The van der Waals surface area contributed by atoms with E-state index in [1.807, 2.05) is 117 Å². The van der Waals surface area contributed by atoms with E-state index in [0.29, 0.717) is 29.2 Å². The summed E-state index contributed by atoms with van der Waals surface area (Å²) < 4.78 is 5.75. The highest BCUT2D eigenvalue weighted by atomic mass is 32.2. The van der Waals surface area contributed by atoms with Crippen molar-refractivity contribution in [1.29, 1.82) is 0 Å². The fourth-order valence-electron chi connectivity index (χ4n) is 4.80. The van der Waals surface area contributed by atoms with Crippen molar-refractivity contribution in [2.24, 2.45) is 0 Å². The number of anilines is 2. The molecule has 3 amide bonds. The second kappa shape index (κ2) is 16.1. The van der Waals surface area contributed by atoms with Crippen LogP contribution in [0.3, 0.4) is 0 Å². The highest BCUT2D eigenvalue weighted by Crippen LogP contribution is 2.37. The topological polar surface area (TPSA) is 96.5 Å². The van der Waals surface area contributed by atoms with E-state index in [-0.39, 0.29) is 11.6 Å². The van der Waals surface area contributed by atoms with E-state index in [4.69, 9.17) is 4.74 Å². The van der Waals surface area contributed by atoms with Crippen LogP contribution in [0.2, 0.25) is 0 Å². The molecule has 5 aromatic rings. The Morgan fingerprint density at radius 1 is 0.745 bits per heavy atom. The van der Waals surface area contributed by atoms with Crippen molar-refractivity contribution in [3.8, 4) is 5.75 Å². The highest BCUT2D eigenvalue weighted by Gasteiger charge is 2.23. The normalized spacial score (nSPS) is 11.7. The van der Waals surface area contributed by atoms with Gasteiger partial charge in [-0.2, -0.15) is 0 Å². The van der Waals surface area contributed by atoms with Gasteiger partial charge in [-0.25, -0.2) is 0 Å². The molecule has 0 aromatic heterocycles. The molecule has 5 rings (SSSR count). The molecular weight excluding hydrogens is 607 g/mol. The molecule has 1 unspecified atom stereocenters. The maximum Gasteiger partial charge on any atom is 0.272 e. The van der Waals surface area contributed by atoms with Gasteiger partial charge < -0.3 is 20.7 Å². The number of rotatable bonds is 12. The van der Waals surface area contributed by atoms with E-state index in [1.54, 1.807) is 36.4 Å². The van der Waals surface area contributed by atoms with Crippen molar-refractivity contribution in [3.63, 3.8) is 0 Å². The zero-order chi connectivity index (χ0) is 33.0. The van der Waals surface area contributed by atoms with Gasteiger partial charge in [-0.05, 0) is 79.6 Å². The van der Waals surface area contributed by atoms with Gasteiger partial charge in [-0.3, -0.25) is 14.4 Å². The Hall–Kier alpha value is -5.60. The quantitative estimate of drug-likeness (QED) is 0.0941. The van der Waals surface area contributed by atoms with Crippen LogP contribution in [0.5, 0.6) is 5.75 Å². The number of nitrogens with one attached hydrogen (secondary N) is 3. The molecule has 5 aromatic carbocycles. The summed E-state index contributed by atoms with van der Waals surface area (Å²) in [5.74, 6) is -0.512. The lowest BCUT2D eigenvalue weighted by molar-refractivity contribution is -0.116. The molecule has 0 bridgehead atoms. The van der Waals surface area contributed by atoms with Gasteiger partial charge in [0.15, 0.2) is 0 Å². The third kappa shape index (κ3) is 9.22. The molecule has 0 saturated carbocycles. The van der Waals surface area contributed by atoms with Crippen LogP contribution in [-0.2, 0) is 9.59 Å². The van der Waals surface area contributed by atoms with Crippen molar-refractivity contribution >= 4 is 46.9 Å². The van der Waals surface area contributed by atoms with Crippen molar-refractivity contribution in [2.75, 3.05) is 17.2 Å². The van der Waals surface area contributed by atoms with Gasteiger partial charge in [0.1, 0.15) is 16.7 Å². The third-order valence-electron chi connectivity index (χ3n) is 7.02. The largest absolute Gasteiger partial charge is 0.493 e. The number of aryl methyl sites for hydroxylation is 1. The maximum atomic E-state index is 13.7. The summed E-state index contributed by atoms with van der Waals surface area (Å²) in [4.78, 5) is 41.2. The Balaban J connectivity index is 1.40. The first kappa shape index (κ1) is 32.8. The van der Waals surface area contributed by atoms with E-state index >= 15 is 0 Å². The Kier molecular flexibility index (Phi) is 11.2. The second-order valence-corrected chi connectivity index (χ2v) is 11.8. The van der Waals surface area contributed by atoms with Crippen LogP contribution in [0.4, 0.5) is 11.4 Å². The second-order valence-electron chi connectivity index (χ2n) is 10.6. The molecule has 0 aliphatic heterocycles. The van der Waals surface area contributed by atoms with Gasteiger partial charge in [0, 0.05) is 27.4 Å². The number of thioether (sulfide) groups is 1. The van der Waals surface area contributed by atoms with Gasteiger partial charge in [0.25, 0.3) is 11.8 Å². The average molecular weight is 642 g/mol. The van der Waals surface area contributed by atoms with Gasteiger partial charge in [0.05, 0.1) is 6.61 Å². The molecule has 0 spiro atoms. The van der Waals surface area contributed by atoms with Crippen LogP contribution < -0.4 is 20.7 Å². The number of hydrogen-bond donors (Lipinski definition) is 3. The number of para-hydroxylation sites is 1. The van der Waals surface area contributed by atoms with Crippen LogP contribution in [0.15, 0.2) is 144 Å². The number of carbonyl (C=O) groups is 3. The molecule has 0 radical (unpaired) electrons. The Morgan fingerprint density at radius 3 is 2.13 bits per heavy atom. The maximum absolute atomic E-state index is 13.7. The molecule has 0 fully saturated rings. The van der Waals surface area contributed by atoms with Gasteiger partial charge in [-0.15, -0.1) is 11.8 Å². The lowest BCUT2D eigenvalue weighted by atomic mass is 10.1. The zero-order valence-electron chi connectivity index (χ0n) is 26.1. The smallest absolute Gasteiger partial charge is 0.272 e. The molecule has 3 N–H and O–H groups in total. The van der Waals surface area contributed by atoms with E-state index in [1.165, 1.54) is 11.8 Å². The van der Waals surface area contributed by atoms with Gasteiger partial charge in [0.2, 0.25) is 5.91 Å². The van der Waals surface area contributed by atoms with Gasteiger partial charge in [-0.1, -0.05) is 84.9 Å². The molecule has 0 heterocycles. The van der Waals surface area contributed by atoms with Crippen LogP contribution in [-0.4, -0.2) is 24.3 Å². The lowest BCUT2D eigenvalue weighted by Crippen LogP contribution is -2.30. The molecular formula is C39H35N3O4S. The monoisotopic (exact) mass is 641 g/mol. The molecule has 8 heteroatoms. The van der Waals surface area contributed by atoms with Crippen molar-refractivity contribution in [3.05, 3.63) is 161 Å². The minimum absolute atomic E-state index is 0.0451. The predicted octanol–water partition coefficient (Wildman–Crippen LogP) is 8.28. The molecule has 0 saturated heterocycles. The lowest BCUT2D eigenvalue weighted by Gasteiger charge is -2.18. The number of hydrogen-bond acceptors (Lipinski definition) is 5. The van der Waals surface area contributed by atoms with Crippen molar-refractivity contribution in [1.82, 2.24) is 5.32 Å². The Morgan fingerprint density at radius 2 is 1.40 bits per heavy atom. The fraction of sp³-hybridized carbons (Fsp3) is 0.103. The van der Waals surface area contributed by atoms with E-state index in [9.17, 15) is 14.4 Å². The van der Waals surface area contributed by atoms with Crippen molar-refractivity contribution < 1.29 is 19.1 Å². The molecule has 0 aliphatic rings. The SMILES string of the molecule is CCOc1ccccc1/C=C(/NC(=O)c1ccccc1)C(=O)Nc1cccc(SC(C(=O)Nc2cccc(C)c2)c2ccccc2)c1. The molecule has 0 aliphatic carbocycles. The molecule has 236 valence electrons.